The fraction of sp³-hybridized carbons (Fsp3) is 0. The first kappa shape index (κ1) is 19.9. The third kappa shape index (κ3) is 3.73. The first-order valence-corrected chi connectivity index (χ1v) is 11.7. The van der Waals surface area contributed by atoms with Gasteiger partial charge in [0.05, 0.1) is 18.0 Å². The van der Waals surface area contributed by atoms with Gasteiger partial charge >= 0.3 is 0 Å². The van der Waals surface area contributed by atoms with Crippen LogP contribution >= 0.6 is 7.37 Å². The van der Waals surface area contributed by atoms with Gasteiger partial charge in [-0.1, -0.05) is 72.2 Å². The van der Waals surface area contributed by atoms with E-state index in [0.29, 0.717) is 11.1 Å². The van der Waals surface area contributed by atoms with Crippen molar-refractivity contribution in [2.75, 3.05) is 0 Å². The first-order chi connectivity index (χ1) is 15.6. The van der Waals surface area contributed by atoms with Crippen LogP contribution in [0.25, 0.3) is 0 Å². The number of ether oxygens (including phenoxy) is 1. The topological polar surface area (TPSA) is 49.4 Å². The van der Waals surface area contributed by atoms with Crippen LogP contribution in [-0.4, -0.2) is 0 Å². The van der Waals surface area contributed by atoms with Gasteiger partial charge < -0.3 is 14.2 Å². The fourth-order valence-corrected chi connectivity index (χ4v) is 5.51. The maximum absolute atomic E-state index is 13.8. The Bertz CT molecular complexity index is 1370. The summed E-state index contributed by atoms with van der Waals surface area (Å²) >= 11 is 0. The van der Waals surface area contributed by atoms with E-state index in [1.54, 1.807) is 36.4 Å². The van der Waals surface area contributed by atoms with Crippen molar-refractivity contribution in [2.45, 2.75) is 0 Å². The second kappa shape index (κ2) is 8.26. The Morgan fingerprint density at radius 3 is 1.44 bits per heavy atom. The Kier molecular flexibility index (Phi) is 5.14. The monoisotopic (exact) mass is 431 g/mol. The first-order valence-electron chi connectivity index (χ1n) is 10.0. The lowest BCUT2D eigenvalue weighted by molar-refractivity contribution is -0.167. The summed E-state index contributed by atoms with van der Waals surface area (Å²) in [4.78, 5) is 13.8. The highest BCUT2D eigenvalue weighted by Gasteiger charge is 2.32. The zero-order chi connectivity index (χ0) is 22.0. The summed E-state index contributed by atoms with van der Waals surface area (Å²) in [5.41, 5.74) is 2.41. The molecule has 4 heteroatoms. The molecule has 0 unspecified atom stereocenters. The van der Waals surface area contributed by atoms with E-state index in [0.717, 1.165) is 11.1 Å². The van der Waals surface area contributed by atoms with Gasteiger partial charge in [0.2, 0.25) is 0 Å². The molecule has 0 saturated heterocycles. The van der Waals surface area contributed by atoms with Crippen molar-refractivity contribution >= 4 is 18.0 Å². The van der Waals surface area contributed by atoms with Crippen LogP contribution in [0.15, 0.2) is 97.1 Å². The zero-order valence-electron chi connectivity index (χ0n) is 16.9. The van der Waals surface area contributed by atoms with Crippen LogP contribution < -0.4 is 20.2 Å². The highest BCUT2D eigenvalue weighted by Crippen LogP contribution is 2.47. The quantitative estimate of drug-likeness (QED) is 0.310. The number of rotatable bonds is 0. The molecule has 0 fully saturated rings. The molecular formula is C28H16O3P-. The molecular weight excluding hydrogens is 415 g/mol. The van der Waals surface area contributed by atoms with E-state index in [-0.39, 0.29) is 22.1 Å². The second-order valence-corrected chi connectivity index (χ2v) is 9.19. The molecule has 4 aromatic carbocycles. The van der Waals surface area contributed by atoms with Gasteiger partial charge in [0.15, 0.2) is 0 Å². The molecule has 4 aromatic rings. The molecule has 0 radical (unpaired) electrons. The molecule has 3 nitrogen and oxygen atoms in total. The van der Waals surface area contributed by atoms with Gasteiger partial charge in [0, 0.05) is 22.3 Å². The summed E-state index contributed by atoms with van der Waals surface area (Å²) in [5, 5.41) is 0.204. The molecule has 1 aliphatic heterocycles. The van der Waals surface area contributed by atoms with Crippen LogP contribution in [0.2, 0.25) is 0 Å². The summed E-state index contributed by atoms with van der Waals surface area (Å²) in [6.07, 6.45) is 0. The molecule has 0 atom stereocenters. The lowest BCUT2D eigenvalue weighted by Gasteiger charge is -2.34. The number of benzene rings is 4. The van der Waals surface area contributed by atoms with E-state index in [1.807, 2.05) is 60.7 Å². The van der Waals surface area contributed by atoms with Crippen molar-refractivity contribution in [1.82, 2.24) is 0 Å². The average Bonchev–Trinajstić information content (AvgIpc) is 2.82. The standard InChI is InChI=1S/C28H17O3P/c29-32(30)27-23(19-17-21-9-3-1-4-10-21)13-7-15-25(27)31-26-16-8-14-24(28(26)32)20-18-22-11-5-2-6-12-22/h1-16H,(H,29,30)/p-1. The van der Waals surface area contributed by atoms with Crippen LogP contribution in [-0.2, 0) is 4.57 Å². The van der Waals surface area contributed by atoms with Crippen molar-refractivity contribution in [3.8, 4) is 35.2 Å². The Morgan fingerprint density at radius 2 is 1.00 bits per heavy atom. The van der Waals surface area contributed by atoms with Gasteiger partial charge in [-0.2, -0.15) is 0 Å². The predicted octanol–water partition coefficient (Wildman–Crippen LogP) is 4.18. The third-order valence-corrected chi connectivity index (χ3v) is 7.14. The van der Waals surface area contributed by atoms with Crippen LogP contribution in [0.3, 0.4) is 0 Å². The smallest absolute Gasteiger partial charge is 0.138 e. The van der Waals surface area contributed by atoms with E-state index >= 15 is 0 Å². The van der Waals surface area contributed by atoms with Crippen LogP contribution in [0.1, 0.15) is 22.3 Å². The summed E-state index contributed by atoms with van der Waals surface area (Å²) in [7, 11) is -4.26. The molecule has 0 aromatic heterocycles. The second-order valence-electron chi connectivity index (χ2n) is 7.19. The van der Waals surface area contributed by atoms with Gasteiger partial charge in [-0.05, 0) is 48.5 Å². The Labute approximate surface area is 186 Å². The largest absolute Gasteiger partial charge is 0.792 e. The third-order valence-electron chi connectivity index (χ3n) is 5.04. The van der Waals surface area contributed by atoms with E-state index in [1.165, 1.54) is 0 Å². The molecule has 152 valence electrons. The van der Waals surface area contributed by atoms with Crippen LogP contribution in [0.4, 0.5) is 0 Å². The Hall–Kier alpha value is -4.01. The summed E-state index contributed by atoms with van der Waals surface area (Å²) in [6.45, 7) is 0. The SMILES string of the molecule is O=P1([O-])c2c(C#Cc3ccccc3)cccc2Oc2cccc(C#Cc3ccccc3)c21. The van der Waals surface area contributed by atoms with Crippen LogP contribution in [0.5, 0.6) is 11.5 Å². The minimum absolute atomic E-state index is 0.102. The molecule has 0 amide bonds. The van der Waals surface area contributed by atoms with Crippen molar-refractivity contribution < 1.29 is 14.2 Å². The molecule has 0 bridgehead atoms. The lowest BCUT2D eigenvalue weighted by atomic mass is 10.1. The van der Waals surface area contributed by atoms with Gasteiger partial charge in [-0.25, -0.2) is 0 Å². The molecule has 1 heterocycles. The number of hydrogen-bond donors (Lipinski definition) is 0. The normalized spacial score (nSPS) is 12.7. The fourth-order valence-electron chi connectivity index (χ4n) is 3.57. The van der Waals surface area contributed by atoms with E-state index in [9.17, 15) is 9.46 Å². The zero-order valence-corrected chi connectivity index (χ0v) is 17.8. The molecule has 0 aliphatic carbocycles. The lowest BCUT2D eigenvalue weighted by Crippen LogP contribution is -2.34. The summed E-state index contributed by atoms with van der Waals surface area (Å²) in [6, 6.07) is 29.1. The molecule has 1 aliphatic rings. The molecule has 0 saturated carbocycles. The van der Waals surface area contributed by atoms with Crippen molar-refractivity contribution in [3.05, 3.63) is 119 Å². The Balaban J connectivity index is 1.64. The number of hydrogen-bond acceptors (Lipinski definition) is 3. The highest BCUT2D eigenvalue weighted by atomic mass is 31.2. The summed E-state index contributed by atoms with van der Waals surface area (Å²) < 4.78 is 19.8. The molecule has 32 heavy (non-hydrogen) atoms. The van der Waals surface area contributed by atoms with Gasteiger partial charge in [0.1, 0.15) is 11.5 Å². The van der Waals surface area contributed by atoms with Crippen molar-refractivity contribution in [2.24, 2.45) is 0 Å². The molecule has 0 spiro atoms. The minimum atomic E-state index is -4.26. The van der Waals surface area contributed by atoms with Gasteiger partial charge in [-0.3, -0.25) is 0 Å². The van der Waals surface area contributed by atoms with Gasteiger partial charge in [0.25, 0.3) is 0 Å². The van der Waals surface area contributed by atoms with E-state index in [2.05, 4.69) is 23.7 Å². The summed E-state index contributed by atoms with van der Waals surface area (Å²) in [5.74, 6) is 12.7. The average molecular weight is 431 g/mol. The van der Waals surface area contributed by atoms with E-state index < -0.39 is 7.37 Å². The highest BCUT2D eigenvalue weighted by molar-refractivity contribution is 7.73. The van der Waals surface area contributed by atoms with E-state index in [4.69, 9.17) is 4.74 Å². The van der Waals surface area contributed by atoms with Crippen molar-refractivity contribution in [3.63, 3.8) is 0 Å². The molecule has 5 rings (SSSR count). The minimum Gasteiger partial charge on any atom is -0.792 e. The van der Waals surface area contributed by atoms with Crippen molar-refractivity contribution in [1.29, 1.82) is 0 Å². The Morgan fingerprint density at radius 1 is 0.562 bits per heavy atom. The predicted molar refractivity (Wildman–Crippen MR) is 125 cm³/mol. The van der Waals surface area contributed by atoms with Crippen LogP contribution in [0, 0.1) is 23.7 Å². The van der Waals surface area contributed by atoms with Gasteiger partial charge in [-0.15, -0.1) is 0 Å². The maximum Gasteiger partial charge on any atom is 0.138 e. The maximum atomic E-state index is 13.8. The number of fused-ring (bicyclic) bond motifs is 2. The molecule has 0 N–H and O–H groups in total.